The summed E-state index contributed by atoms with van der Waals surface area (Å²) in [5.41, 5.74) is 3.91. The van der Waals surface area contributed by atoms with Gasteiger partial charge in [0.25, 0.3) is 0 Å². The number of aryl methyl sites for hydroxylation is 2. The molecule has 2 aromatic carbocycles. The smallest absolute Gasteiger partial charge is 0.210 e. The van der Waals surface area contributed by atoms with Crippen molar-refractivity contribution in [3.8, 4) is 0 Å². The van der Waals surface area contributed by atoms with Crippen molar-refractivity contribution in [1.29, 1.82) is 0 Å². The molecule has 0 aliphatic carbocycles. The van der Waals surface area contributed by atoms with Gasteiger partial charge in [0.15, 0.2) is 0 Å². The number of unbranched alkanes of at least 4 members (excludes halogenated alkanes) is 12. The maximum atomic E-state index is 13.2. The number of fused-ring (bicyclic) bond motifs is 2. The third-order valence-electron chi connectivity index (χ3n) is 7.07. The second-order valence-corrected chi connectivity index (χ2v) is 11.9. The van der Waals surface area contributed by atoms with Crippen molar-refractivity contribution < 1.29 is 8.42 Å². The lowest BCUT2D eigenvalue weighted by molar-refractivity contribution is 0.588. The number of benzene rings is 2. The van der Waals surface area contributed by atoms with Crippen molar-refractivity contribution in [2.24, 2.45) is 0 Å². The van der Waals surface area contributed by atoms with Crippen molar-refractivity contribution in [3.63, 3.8) is 0 Å². The van der Waals surface area contributed by atoms with E-state index in [1.807, 2.05) is 12.1 Å². The summed E-state index contributed by atoms with van der Waals surface area (Å²) in [6.07, 6.45) is 20.0. The summed E-state index contributed by atoms with van der Waals surface area (Å²) in [5.74, 6) is 0. The average Bonchev–Trinajstić information content (AvgIpc) is 2.82. The van der Waals surface area contributed by atoms with Gasteiger partial charge in [-0.25, -0.2) is 8.42 Å². The van der Waals surface area contributed by atoms with Crippen LogP contribution in [-0.4, -0.2) is 8.42 Å². The monoisotopic (exact) mass is 483 g/mol. The Bertz CT molecular complexity index is 923. The van der Waals surface area contributed by atoms with Crippen LogP contribution in [0, 0.1) is 0 Å². The molecule has 0 saturated heterocycles. The lowest BCUT2D eigenvalue weighted by Gasteiger charge is -2.23. The number of hydrogen-bond donors (Lipinski definition) is 1. The van der Waals surface area contributed by atoms with Gasteiger partial charge in [-0.1, -0.05) is 103 Å². The van der Waals surface area contributed by atoms with E-state index >= 15 is 0 Å². The van der Waals surface area contributed by atoms with Gasteiger partial charge in [0.2, 0.25) is 9.84 Å². The average molecular weight is 484 g/mol. The molecule has 34 heavy (non-hydrogen) atoms. The molecule has 0 spiro atoms. The van der Waals surface area contributed by atoms with Crippen LogP contribution in [0.5, 0.6) is 0 Å². The fourth-order valence-corrected chi connectivity index (χ4v) is 6.50. The topological polar surface area (TPSA) is 46.2 Å². The quantitative estimate of drug-likeness (QED) is 0.207. The van der Waals surface area contributed by atoms with Gasteiger partial charge < -0.3 is 5.32 Å². The van der Waals surface area contributed by atoms with Crippen LogP contribution in [0.25, 0.3) is 0 Å². The third kappa shape index (κ3) is 7.60. The molecule has 3 rings (SSSR count). The van der Waals surface area contributed by atoms with Crippen LogP contribution >= 0.6 is 0 Å². The summed E-state index contributed by atoms with van der Waals surface area (Å²) >= 11 is 0. The SMILES string of the molecule is CCCCCCCCCc1ccc2c(c1)Nc1cc(CCCCCCCCC)ccc1S2(=O)=O. The van der Waals surface area contributed by atoms with Gasteiger partial charge in [-0.05, 0) is 61.1 Å². The van der Waals surface area contributed by atoms with E-state index in [0.29, 0.717) is 9.79 Å². The molecule has 188 valence electrons. The van der Waals surface area contributed by atoms with Gasteiger partial charge in [0.05, 0.1) is 21.2 Å². The molecule has 0 saturated carbocycles. The molecule has 2 aromatic rings. The van der Waals surface area contributed by atoms with Crippen molar-refractivity contribution in [2.75, 3.05) is 5.32 Å². The highest BCUT2D eigenvalue weighted by Gasteiger charge is 2.29. The number of nitrogens with one attached hydrogen (secondary N) is 1. The molecule has 1 N–H and O–H groups in total. The van der Waals surface area contributed by atoms with E-state index < -0.39 is 9.84 Å². The van der Waals surface area contributed by atoms with Gasteiger partial charge in [-0.2, -0.15) is 0 Å². The molecule has 0 amide bonds. The van der Waals surface area contributed by atoms with E-state index in [2.05, 4.69) is 31.3 Å². The fraction of sp³-hybridized carbons (Fsp3) is 0.600. The zero-order chi connectivity index (χ0) is 24.2. The van der Waals surface area contributed by atoms with Crippen molar-refractivity contribution in [3.05, 3.63) is 47.5 Å². The minimum atomic E-state index is -3.47. The van der Waals surface area contributed by atoms with Crippen molar-refractivity contribution in [1.82, 2.24) is 0 Å². The first-order valence-electron chi connectivity index (χ1n) is 13.8. The zero-order valence-electron chi connectivity index (χ0n) is 21.5. The van der Waals surface area contributed by atoms with Gasteiger partial charge in [0, 0.05) is 0 Å². The first kappa shape index (κ1) is 26.8. The van der Waals surface area contributed by atoms with E-state index in [1.54, 1.807) is 12.1 Å². The van der Waals surface area contributed by atoms with Crippen molar-refractivity contribution >= 4 is 21.2 Å². The highest BCUT2D eigenvalue weighted by molar-refractivity contribution is 7.92. The van der Waals surface area contributed by atoms with Crippen LogP contribution in [0.1, 0.15) is 115 Å². The summed E-state index contributed by atoms with van der Waals surface area (Å²) in [6, 6.07) is 11.7. The number of anilines is 2. The molecule has 0 unspecified atom stereocenters. The summed E-state index contributed by atoms with van der Waals surface area (Å²) < 4.78 is 26.5. The molecule has 3 nitrogen and oxygen atoms in total. The molecule has 0 aromatic heterocycles. The molecular formula is C30H45NO2S. The van der Waals surface area contributed by atoms with E-state index in [9.17, 15) is 8.42 Å². The van der Waals surface area contributed by atoms with Crippen LogP contribution < -0.4 is 5.32 Å². The molecule has 0 atom stereocenters. The predicted octanol–water partition coefficient (Wildman–Crippen LogP) is 9.16. The predicted molar refractivity (Wildman–Crippen MR) is 145 cm³/mol. The Labute approximate surface area is 208 Å². The summed E-state index contributed by atoms with van der Waals surface area (Å²) in [5, 5.41) is 3.45. The zero-order valence-corrected chi connectivity index (χ0v) is 22.3. The lowest BCUT2D eigenvalue weighted by Crippen LogP contribution is -2.14. The summed E-state index contributed by atoms with van der Waals surface area (Å²) in [4.78, 5) is 0.811. The molecule has 1 heterocycles. The minimum Gasteiger partial charge on any atom is -0.353 e. The number of sulfone groups is 1. The molecule has 4 heteroatoms. The number of hydrogen-bond acceptors (Lipinski definition) is 3. The second kappa shape index (κ2) is 13.9. The molecular weight excluding hydrogens is 438 g/mol. The Kier molecular flexibility index (Phi) is 11.0. The second-order valence-electron chi connectivity index (χ2n) is 10.0. The normalized spacial score (nSPS) is 13.8. The Morgan fingerprint density at radius 3 is 1.35 bits per heavy atom. The van der Waals surface area contributed by atoms with Crippen LogP contribution in [0.4, 0.5) is 11.4 Å². The van der Waals surface area contributed by atoms with Crippen LogP contribution in [0.15, 0.2) is 46.2 Å². The van der Waals surface area contributed by atoms with E-state index in [4.69, 9.17) is 0 Å². The third-order valence-corrected chi connectivity index (χ3v) is 8.94. The number of rotatable bonds is 16. The minimum absolute atomic E-state index is 0.406. The molecule has 0 radical (unpaired) electrons. The standard InChI is InChI=1S/C30H45NO2S/c1-3-5-7-9-11-13-15-17-25-19-21-29-27(23-25)31-28-24-26(20-22-30(28)34(29,32)33)18-16-14-12-10-8-6-4-2/h19-24,31H,3-18H2,1-2H3. The molecule has 0 fully saturated rings. The summed E-state index contributed by atoms with van der Waals surface area (Å²) in [7, 11) is -3.47. The Balaban J connectivity index is 1.56. The molecule has 1 aliphatic heterocycles. The highest BCUT2D eigenvalue weighted by Crippen LogP contribution is 2.40. The Morgan fingerprint density at radius 1 is 0.559 bits per heavy atom. The van der Waals surface area contributed by atoms with Gasteiger partial charge in [-0.3, -0.25) is 0 Å². The van der Waals surface area contributed by atoms with Crippen LogP contribution in [0.2, 0.25) is 0 Å². The van der Waals surface area contributed by atoms with Crippen LogP contribution in [-0.2, 0) is 22.7 Å². The Morgan fingerprint density at radius 2 is 0.941 bits per heavy atom. The van der Waals surface area contributed by atoms with E-state index in [-0.39, 0.29) is 0 Å². The maximum absolute atomic E-state index is 13.2. The van der Waals surface area contributed by atoms with Crippen molar-refractivity contribution in [2.45, 2.75) is 126 Å². The highest BCUT2D eigenvalue weighted by atomic mass is 32.2. The van der Waals surface area contributed by atoms with E-state index in [1.165, 1.54) is 88.2 Å². The first-order valence-corrected chi connectivity index (χ1v) is 15.3. The fourth-order valence-electron chi connectivity index (χ4n) is 4.97. The molecule has 1 aliphatic rings. The maximum Gasteiger partial charge on any atom is 0.210 e. The van der Waals surface area contributed by atoms with E-state index in [0.717, 1.165) is 37.1 Å². The van der Waals surface area contributed by atoms with Gasteiger partial charge in [-0.15, -0.1) is 0 Å². The Hall–Kier alpha value is -1.81. The van der Waals surface area contributed by atoms with Gasteiger partial charge >= 0.3 is 0 Å². The largest absolute Gasteiger partial charge is 0.353 e. The first-order chi connectivity index (χ1) is 16.6. The lowest BCUT2D eigenvalue weighted by atomic mass is 10.0. The summed E-state index contributed by atoms with van der Waals surface area (Å²) in [6.45, 7) is 4.50. The van der Waals surface area contributed by atoms with Gasteiger partial charge in [0.1, 0.15) is 0 Å². The van der Waals surface area contributed by atoms with Crippen LogP contribution in [0.3, 0.4) is 0 Å². The molecule has 0 bridgehead atoms.